The molecule has 0 amide bonds. The Morgan fingerprint density at radius 2 is 2.11 bits per heavy atom. The third-order valence-electron chi connectivity index (χ3n) is 5.14. The van der Waals surface area contributed by atoms with E-state index in [4.69, 9.17) is 0 Å². The SMILES string of the molecule is CNC1C(CN2CCC(CO)C2)CCCC1(C)C. The van der Waals surface area contributed by atoms with Crippen molar-refractivity contribution in [2.24, 2.45) is 17.3 Å². The molecule has 1 aliphatic carbocycles. The minimum atomic E-state index is 0.363. The predicted octanol–water partition coefficient (Wildman–Crippen LogP) is 1.71. The predicted molar refractivity (Wildman–Crippen MR) is 75.6 cm³/mol. The van der Waals surface area contributed by atoms with Crippen molar-refractivity contribution in [3.8, 4) is 0 Å². The molecule has 3 unspecified atom stereocenters. The highest BCUT2D eigenvalue weighted by atomic mass is 16.3. The topological polar surface area (TPSA) is 35.5 Å². The van der Waals surface area contributed by atoms with Crippen LogP contribution in [0.5, 0.6) is 0 Å². The van der Waals surface area contributed by atoms with Gasteiger partial charge in [-0.1, -0.05) is 20.3 Å². The second-order valence-corrected chi connectivity index (χ2v) is 7.00. The Balaban J connectivity index is 1.91. The van der Waals surface area contributed by atoms with Gasteiger partial charge in [-0.2, -0.15) is 0 Å². The van der Waals surface area contributed by atoms with Gasteiger partial charge in [-0.15, -0.1) is 0 Å². The van der Waals surface area contributed by atoms with Gasteiger partial charge in [-0.05, 0) is 50.1 Å². The van der Waals surface area contributed by atoms with E-state index in [1.54, 1.807) is 0 Å². The fourth-order valence-electron chi connectivity index (χ4n) is 4.16. The molecule has 0 spiro atoms. The molecule has 106 valence electrons. The summed E-state index contributed by atoms with van der Waals surface area (Å²) >= 11 is 0. The van der Waals surface area contributed by atoms with Crippen LogP contribution in [0.2, 0.25) is 0 Å². The molecule has 0 aromatic rings. The van der Waals surface area contributed by atoms with Crippen LogP contribution in [0.4, 0.5) is 0 Å². The largest absolute Gasteiger partial charge is 0.396 e. The fraction of sp³-hybridized carbons (Fsp3) is 1.00. The first-order valence-electron chi connectivity index (χ1n) is 7.57. The van der Waals surface area contributed by atoms with Crippen molar-refractivity contribution in [3.05, 3.63) is 0 Å². The van der Waals surface area contributed by atoms with Gasteiger partial charge in [-0.3, -0.25) is 0 Å². The van der Waals surface area contributed by atoms with Gasteiger partial charge in [0.1, 0.15) is 0 Å². The summed E-state index contributed by atoms with van der Waals surface area (Å²) in [5.41, 5.74) is 0.424. The number of likely N-dealkylation sites (tertiary alicyclic amines) is 1. The Bertz CT molecular complexity index is 267. The van der Waals surface area contributed by atoms with E-state index in [2.05, 4.69) is 31.1 Å². The van der Waals surface area contributed by atoms with E-state index in [0.29, 0.717) is 24.0 Å². The highest BCUT2D eigenvalue weighted by Gasteiger charge is 2.39. The van der Waals surface area contributed by atoms with Crippen LogP contribution in [0.3, 0.4) is 0 Å². The summed E-state index contributed by atoms with van der Waals surface area (Å²) in [4.78, 5) is 2.57. The maximum absolute atomic E-state index is 9.23. The van der Waals surface area contributed by atoms with Gasteiger partial charge < -0.3 is 15.3 Å². The smallest absolute Gasteiger partial charge is 0.0471 e. The third-order valence-corrected chi connectivity index (χ3v) is 5.14. The van der Waals surface area contributed by atoms with Crippen molar-refractivity contribution in [1.29, 1.82) is 0 Å². The van der Waals surface area contributed by atoms with Gasteiger partial charge in [0.05, 0.1) is 0 Å². The van der Waals surface area contributed by atoms with Gasteiger partial charge in [0, 0.05) is 25.7 Å². The molecule has 0 aromatic heterocycles. The minimum absolute atomic E-state index is 0.363. The van der Waals surface area contributed by atoms with Crippen LogP contribution in [-0.2, 0) is 0 Å². The summed E-state index contributed by atoms with van der Waals surface area (Å²) in [7, 11) is 2.12. The molecule has 1 saturated carbocycles. The van der Waals surface area contributed by atoms with Crippen molar-refractivity contribution in [2.45, 2.75) is 45.6 Å². The maximum atomic E-state index is 9.23. The Morgan fingerprint density at radius 3 is 2.72 bits per heavy atom. The Labute approximate surface area is 112 Å². The van der Waals surface area contributed by atoms with Crippen molar-refractivity contribution < 1.29 is 5.11 Å². The number of nitrogens with one attached hydrogen (secondary N) is 1. The van der Waals surface area contributed by atoms with E-state index in [1.165, 1.54) is 38.8 Å². The van der Waals surface area contributed by atoms with Crippen LogP contribution in [0, 0.1) is 17.3 Å². The van der Waals surface area contributed by atoms with Gasteiger partial charge in [0.15, 0.2) is 0 Å². The molecule has 0 aromatic carbocycles. The molecular formula is C15H30N2O. The Morgan fingerprint density at radius 1 is 1.33 bits per heavy atom. The summed E-state index contributed by atoms with van der Waals surface area (Å²) in [6.45, 7) is 8.66. The number of aliphatic hydroxyl groups excluding tert-OH is 1. The van der Waals surface area contributed by atoms with Gasteiger partial charge in [-0.25, -0.2) is 0 Å². The molecular weight excluding hydrogens is 224 g/mol. The molecule has 18 heavy (non-hydrogen) atoms. The van der Waals surface area contributed by atoms with Crippen LogP contribution in [0.15, 0.2) is 0 Å². The van der Waals surface area contributed by atoms with Crippen molar-refractivity contribution in [2.75, 3.05) is 33.3 Å². The zero-order valence-electron chi connectivity index (χ0n) is 12.3. The molecule has 1 saturated heterocycles. The highest BCUT2D eigenvalue weighted by Crippen LogP contribution is 2.39. The number of rotatable bonds is 4. The summed E-state index contributed by atoms with van der Waals surface area (Å²) in [6, 6.07) is 0.638. The molecule has 3 heteroatoms. The van der Waals surface area contributed by atoms with Gasteiger partial charge in [0.2, 0.25) is 0 Å². The monoisotopic (exact) mass is 254 g/mol. The first-order chi connectivity index (χ1) is 8.56. The molecule has 0 bridgehead atoms. The average Bonchev–Trinajstić information content (AvgIpc) is 2.76. The minimum Gasteiger partial charge on any atom is -0.396 e. The summed E-state index contributed by atoms with van der Waals surface area (Å²) < 4.78 is 0. The lowest BCUT2D eigenvalue weighted by molar-refractivity contribution is 0.0879. The zero-order chi connectivity index (χ0) is 13.2. The molecule has 0 radical (unpaired) electrons. The molecule has 3 nitrogen and oxygen atoms in total. The lowest BCUT2D eigenvalue weighted by Gasteiger charge is -2.45. The quantitative estimate of drug-likeness (QED) is 0.802. The lowest BCUT2D eigenvalue weighted by atomic mass is 9.68. The normalized spacial score (nSPS) is 37.0. The lowest BCUT2D eigenvalue weighted by Crippen LogP contribution is -2.51. The number of aliphatic hydroxyl groups is 1. The molecule has 2 N–H and O–H groups in total. The van der Waals surface area contributed by atoms with E-state index >= 15 is 0 Å². The fourth-order valence-corrected chi connectivity index (χ4v) is 4.16. The molecule has 2 aliphatic rings. The molecule has 3 atom stereocenters. The number of hydrogen-bond donors (Lipinski definition) is 2. The Hall–Kier alpha value is -0.120. The zero-order valence-corrected chi connectivity index (χ0v) is 12.3. The number of hydrogen-bond acceptors (Lipinski definition) is 3. The van der Waals surface area contributed by atoms with E-state index in [-0.39, 0.29) is 0 Å². The molecule has 2 rings (SSSR count). The second-order valence-electron chi connectivity index (χ2n) is 7.00. The highest BCUT2D eigenvalue weighted by molar-refractivity contribution is 4.94. The number of nitrogens with zero attached hydrogens (tertiary/aromatic N) is 1. The van der Waals surface area contributed by atoms with E-state index < -0.39 is 0 Å². The second kappa shape index (κ2) is 5.89. The third kappa shape index (κ3) is 3.06. The first kappa shape index (κ1) is 14.3. The molecule has 2 fully saturated rings. The van der Waals surface area contributed by atoms with Crippen LogP contribution in [0.25, 0.3) is 0 Å². The molecule has 1 aliphatic heterocycles. The van der Waals surface area contributed by atoms with Crippen molar-refractivity contribution in [1.82, 2.24) is 10.2 Å². The van der Waals surface area contributed by atoms with Crippen molar-refractivity contribution >= 4 is 0 Å². The van der Waals surface area contributed by atoms with E-state index in [1.807, 2.05) is 0 Å². The summed E-state index contributed by atoms with van der Waals surface area (Å²) in [6.07, 6.45) is 5.24. The van der Waals surface area contributed by atoms with Crippen LogP contribution in [0.1, 0.15) is 39.5 Å². The average molecular weight is 254 g/mol. The standard InChI is InChI=1S/C15H30N2O/c1-15(2)7-4-5-13(14(15)16-3)10-17-8-6-12(9-17)11-18/h12-14,16,18H,4-11H2,1-3H3. The maximum Gasteiger partial charge on any atom is 0.0471 e. The van der Waals surface area contributed by atoms with E-state index in [9.17, 15) is 5.11 Å². The van der Waals surface area contributed by atoms with Crippen LogP contribution < -0.4 is 5.32 Å². The first-order valence-corrected chi connectivity index (χ1v) is 7.57. The van der Waals surface area contributed by atoms with Crippen LogP contribution in [-0.4, -0.2) is 49.3 Å². The van der Waals surface area contributed by atoms with Gasteiger partial charge in [0.25, 0.3) is 0 Å². The van der Waals surface area contributed by atoms with E-state index in [0.717, 1.165) is 12.5 Å². The Kier molecular flexibility index (Phi) is 4.68. The van der Waals surface area contributed by atoms with Crippen molar-refractivity contribution in [3.63, 3.8) is 0 Å². The summed E-state index contributed by atoms with van der Waals surface area (Å²) in [5.74, 6) is 1.30. The summed E-state index contributed by atoms with van der Waals surface area (Å²) in [5, 5.41) is 12.8. The molecule has 1 heterocycles. The van der Waals surface area contributed by atoms with Gasteiger partial charge >= 0.3 is 0 Å². The van der Waals surface area contributed by atoms with Crippen LogP contribution >= 0.6 is 0 Å².